The van der Waals surface area contributed by atoms with Gasteiger partial charge in [-0.1, -0.05) is 47.5 Å². The fourth-order valence-electron chi connectivity index (χ4n) is 3.33. The molecule has 0 radical (unpaired) electrons. The van der Waals surface area contributed by atoms with Gasteiger partial charge < -0.3 is 16.0 Å². The molecule has 4 aromatic rings. The van der Waals surface area contributed by atoms with E-state index in [4.69, 9.17) is 23.2 Å². The monoisotopic (exact) mass is 479 g/mol. The zero-order chi connectivity index (χ0) is 23.4. The Bertz CT molecular complexity index is 1330. The molecule has 0 fully saturated rings. The zero-order valence-electron chi connectivity index (χ0n) is 17.5. The number of amides is 3. The van der Waals surface area contributed by atoms with E-state index in [9.17, 15) is 9.59 Å². The van der Waals surface area contributed by atoms with Crippen LogP contribution in [0.25, 0.3) is 10.9 Å². The van der Waals surface area contributed by atoms with Crippen LogP contribution in [0.1, 0.15) is 21.5 Å². The summed E-state index contributed by atoms with van der Waals surface area (Å²) in [4.78, 5) is 33.9. The van der Waals surface area contributed by atoms with E-state index >= 15 is 0 Å². The van der Waals surface area contributed by atoms with Crippen LogP contribution in [-0.2, 0) is 6.54 Å². The molecule has 0 unspecified atom stereocenters. The largest absolute Gasteiger partial charge is 0.334 e. The lowest BCUT2D eigenvalue weighted by atomic mass is 10.1. The third kappa shape index (κ3) is 5.05. The average Bonchev–Trinajstić information content (AvgIpc) is 2.80. The van der Waals surface area contributed by atoms with Crippen molar-refractivity contribution < 1.29 is 9.59 Å². The number of carbonyl (C=O) groups is 2. The van der Waals surface area contributed by atoms with Crippen LogP contribution in [0.2, 0.25) is 10.0 Å². The number of fused-ring (bicyclic) bond motifs is 1. The quantitative estimate of drug-likeness (QED) is 0.336. The van der Waals surface area contributed by atoms with E-state index in [1.54, 1.807) is 55.0 Å². The highest BCUT2D eigenvalue weighted by Crippen LogP contribution is 2.31. The van der Waals surface area contributed by atoms with Crippen molar-refractivity contribution in [2.75, 3.05) is 10.6 Å². The highest BCUT2D eigenvalue weighted by molar-refractivity contribution is 6.40. The molecule has 0 bridgehead atoms. The molecule has 4 rings (SSSR count). The molecule has 33 heavy (non-hydrogen) atoms. The number of halogens is 2. The first-order valence-electron chi connectivity index (χ1n) is 10.0. The van der Waals surface area contributed by atoms with E-state index in [0.29, 0.717) is 28.8 Å². The van der Waals surface area contributed by atoms with Gasteiger partial charge in [0.05, 0.1) is 32.5 Å². The third-order valence-corrected chi connectivity index (χ3v) is 5.57. The van der Waals surface area contributed by atoms with Crippen molar-refractivity contribution >= 4 is 57.4 Å². The number of anilines is 2. The van der Waals surface area contributed by atoms with Crippen LogP contribution in [0.4, 0.5) is 16.2 Å². The lowest BCUT2D eigenvalue weighted by molar-refractivity contribution is 0.102. The Balaban J connectivity index is 1.59. The molecule has 0 atom stereocenters. The predicted octanol–water partition coefficient (Wildman–Crippen LogP) is 5.82. The Morgan fingerprint density at radius 2 is 1.70 bits per heavy atom. The van der Waals surface area contributed by atoms with E-state index in [0.717, 1.165) is 11.1 Å². The summed E-state index contributed by atoms with van der Waals surface area (Å²) in [5.41, 5.74) is 3.41. The van der Waals surface area contributed by atoms with Gasteiger partial charge in [-0.3, -0.25) is 14.8 Å². The topological polar surface area (TPSA) is 96.0 Å². The first kappa shape index (κ1) is 22.5. The Morgan fingerprint density at radius 3 is 2.42 bits per heavy atom. The average molecular weight is 480 g/mol. The molecule has 3 N–H and O–H groups in total. The second-order valence-electron chi connectivity index (χ2n) is 7.24. The van der Waals surface area contributed by atoms with E-state index in [1.807, 2.05) is 19.1 Å². The molecule has 0 spiro atoms. The fraction of sp³-hybridized carbons (Fsp3) is 0.0833. The number of aromatic nitrogens is 2. The van der Waals surface area contributed by atoms with Gasteiger partial charge in [0.15, 0.2) is 0 Å². The Kier molecular flexibility index (Phi) is 6.72. The molecule has 0 aliphatic rings. The normalized spacial score (nSPS) is 10.6. The van der Waals surface area contributed by atoms with Crippen LogP contribution in [-0.4, -0.2) is 21.9 Å². The summed E-state index contributed by atoms with van der Waals surface area (Å²) >= 11 is 12.3. The number of hydrogen-bond donors (Lipinski definition) is 3. The van der Waals surface area contributed by atoms with Crippen LogP contribution in [0.3, 0.4) is 0 Å². The van der Waals surface area contributed by atoms with Gasteiger partial charge in [0.2, 0.25) is 0 Å². The third-order valence-electron chi connectivity index (χ3n) is 4.94. The number of urea groups is 1. The minimum atomic E-state index is -0.454. The maximum absolute atomic E-state index is 12.9. The minimum absolute atomic E-state index is 0.179. The van der Waals surface area contributed by atoms with Crippen LogP contribution in [0.15, 0.2) is 67.1 Å². The van der Waals surface area contributed by atoms with E-state index in [1.165, 1.54) is 0 Å². The predicted molar refractivity (Wildman–Crippen MR) is 131 cm³/mol. The SMILES string of the molecule is Cc1cnc2c(NC(=O)c3c(Cl)cccc3Cl)cccc2c1NC(=O)NCc1cccnc1. The number of hydrogen-bond acceptors (Lipinski definition) is 4. The van der Waals surface area contributed by atoms with Crippen LogP contribution in [0.5, 0.6) is 0 Å². The Hall–Kier alpha value is -3.68. The zero-order valence-corrected chi connectivity index (χ0v) is 19.0. The molecular formula is C24H19Cl2N5O2. The summed E-state index contributed by atoms with van der Waals surface area (Å²) in [5, 5.41) is 9.69. The number of pyridine rings is 2. The van der Waals surface area contributed by atoms with Gasteiger partial charge in [0.25, 0.3) is 5.91 Å². The van der Waals surface area contributed by atoms with Gasteiger partial charge in [0, 0.05) is 30.5 Å². The number of nitrogens with one attached hydrogen (secondary N) is 3. The Morgan fingerprint density at radius 1 is 0.939 bits per heavy atom. The molecule has 2 heterocycles. The van der Waals surface area contributed by atoms with Crippen molar-refractivity contribution in [2.45, 2.75) is 13.5 Å². The molecule has 0 saturated heterocycles. The summed E-state index contributed by atoms with van der Waals surface area (Å²) in [6.07, 6.45) is 5.00. The van der Waals surface area contributed by atoms with Gasteiger partial charge >= 0.3 is 6.03 Å². The molecule has 9 heteroatoms. The molecule has 3 amide bonds. The fourth-order valence-corrected chi connectivity index (χ4v) is 3.90. The number of carbonyl (C=O) groups excluding carboxylic acids is 2. The van der Waals surface area contributed by atoms with Gasteiger partial charge in [-0.2, -0.15) is 0 Å². The molecule has 2 aromatic heterocycles. The summed E-state index contributed by atoms with van der Waals surface area (Å²) < 4.78 is 0. The highest BCUT2D eigenvalue weighted by Gasteiger charge is 2.17. The van der Waals surface area contributed by atoms with E-state index in [2.05, 4.69) is 25.9 Å². The van der Waals surface area contributed by atoms with Crippen molar-refractivity contribution in [3.05, 3.63) is 93.9 Å². The van der Waals surface area contributed by atoms with Gasteiger partial charge in [-0.05, 0) is 42.3 Å². The lowest BCUT2D eigenvalue weighted by Crippen LogP contribution is -2.28. The van der Waals surface area contributed by atoms with Crippen LogP contribution in [0, 0.1) is 6.92 Å². The first-order chi connectivity index (χ1) is 15.9. The number of rotatable bonds is 5. The summed E-state index contributed by atoms with van der Waals surface area (Å²) in [6.45, 7) is 2.18. The lowest BCUT2D eigenvalue weighted by Gasteiger charge is -2.15. The Labute approximate surface area is 200 Å². The second kappa shape index (κ2) is 9.85. The van der Waals surface area contributed by atoms with Crippen molar-refractivity contribution in [2.24, 2.45) is 0 Å². The number of nitrogens with zero attached hydrogens (tertiary/aromatic N) is 2. The van der Waals surface area contributed by atoms with Crippen LogP contribution >= 0.6 is 23.2 Å². The smallest absolute Gasteiger partial charge is 0.319 e. The van der Waals surface area contributed by atoms with E-state index in [-0.39, 0.29) is 21.6 Å². The molecular weight excluding hydrogens is 461 g/mol. The van der Waals surface area contributed by atoms with Crippen molar-refractivity contribution in [1.82, 2.24) is 15.3 Å². The molecule has 0 aliphatic carbocycles. The molecule has 0 saturated carbocycles. The van der Waals surface area contributed by atoms with Gasteiger partial charge in [-0.25, -0.2) is 4.79 Å². The standard InChI is InChI=1S/C24H19Cl2N5O2/c1-14-11-28-22-16(21(14)31-24(33)29-13-15-5-4-10-27-12-15)6-2-9-19(22)30-23(32)20-17(25)7-3-8-18(20)26/h2-12H,13H2,1H3,(H,30,32)(H2,28,29,31,33). The van der Waals surface area contributed by atoms with Crippen molar-refractivity contribution in [3.63, 3.8) is 0 Å². The van der Waals surface area contributed by atoms with E-state index < -0.39 is 5.91 Å². The summed E-state index contributed by atoms with van der Waals surface area (Å²) in [5.74, 6) is -0.454. The number of para-hydroxylation sites is 1. The second-order valence-corrected chi connectivity index (χ2v) is 8.05. The van der Waals surface area contributed by atoms with Crippen LogP contribution < -0.4 is 16.0 Å². The molecule has 166 valence electrons. The summed E-state index contributed by atoms with van der Waals surface area (Å²) in [6, 6.07) is 13.5. The maximum Gasteiger partial charge on any atom is 0.319 e. The molecule has 7 nitrogen and oxygen atoms in total. The first-order valence-corrected chi connectivity index (χ1v) is 10.8. The van der Waals surface area contributed by atoms with Gasteiger partial charge in [0.1, 0.15) is 0 Å². The minimum Gasteiger partial charge on any atom is -0.334 e. The molecule has 2 aromatic carbocycles. The number of aryl methyl sites for hydroxylation is 1. The van der Waals surface area contributed by atoms with Gasteiger partial charge in [-0.15, -0.1) is 0 Å². The van der Waals surface area contributed by atoms with Crippen molar-refractivity contribution in [3.8, 4) is 0 Å². The summed E-state index contributed by atoms with van der Waals surface area (Å²) in [7, 11) is 0. The molecule has 0 aliphatic heterocycles. The number of benzene rings is 2. The van der Waals surface area contributed by atoms with Crippen molar-refractivity contribution in [1.29, 1.82) is 0 Å². The maximum atomic E-state index is 12.9. The highest BCUT2D eigenvalue weighted by atomic mass is 35.5.